The lowest BCUT2D eigenvalue weighted by Gasteiger charge is -2.65. The van der Waals surface area contributed by atoms with E-state index in [1.54, 1.807) is 6.07 Å². The molecule has 7 heteroatoms. The SMILES string of the molecule is CO[C@@]12CC[C@H](N[C@@H](CC(C)C)C(=O)O)[C@@H]3Oc4c(O)ccc5c4[C@@]31CCN(CC1CC1)C2C5. The van der Waals surface area contributed by atoms with Crippen LogP contribution in [0.4, 0.5) is 0 Å². The maximum Gasteiger partial charge on any atom is 0.320 e. The summed E-state index contributed by atoms with van der Waals surface area (Å²) in [6.45, 7) is 6.23. The first-order valence-corrected chi connectivity index (χ1v) is 13.1. The molecule has 1 aromatic carbocycles. The molecule has 2 saturated carbocycles. The number of ether oxygens (including phenoxy) is 2. The zero-order valence-electron chi connectivity index (χ0n) is 20.5. The molecule has 0 radical (unpaired) electrons. The van der Waals surface area contributed by atoms with Crippen LogP contribution < -0.4 is 10.1 Å². The van der Waals surface area contributed by atoms with Crippen LogP contribution in [-0.2, 0) is 21.4 Å². The number of piperidine rings is 1. The average Bonchev–Trinajstić information content (AvgIpc) is 3.54. The van der Waals surface area contributed by atoms with Crippen molar-refractivity contribution in [3.8, 4) is 11.5 Å². The minimum atomic E-state index is -0.811. The number of hydrogen-bond donors (Lipinski definition) is 3. The number of rotatable bonds is 8. The van der Waals surface area contributed by atoms with E-state index in [9.17, 15) is 15.0 Å². The van der Waals surface area contributed by atoms with Crippen LogP contribution in [0.15, 0.2) is 12.1 Å². The molecule has 1 aromatic rings. The Kier molecular flexibility index (Phi) is 5.21. The molecule has 2 bridgehead atoms. The van der Waals surface area contributed by atoms with Crippen molar-refractivity contribution in [1.29, 1.82) is 0 Å². The number of carboxylic acids is 1. The number of hydrogen-bond acceptors (Lipinski definition) is 6. The third-order valence-electron chi connectivity index (χ3n) is 9.51. The summed E-state index contributed by atoms with van der Waals surface area (Å²) >= 11 is 0. The Bertz CT molecular complexity index is 993. The Balaban J connectivity index is 1.44. The molecule has 34 heavy (non-hydrogen) atoms. The van der Waals surface area contributed by atoms with Crippen LogP contribution in [-0.4, -0.2) is 71.1 Å². The summed E-state index contributed by atoms with van der Waals surface area (Å²) in [6, 6.07) is 3.38. The van der Waals surface area contributed by atoms with Gasteiger partial charge in [-0.2, -0.15) is 0 Å². The number of likely N-dealkylation sites (tertiary alicyclic amines) is 1. The fraction of sp³-hybridized carbons (Fsp3) is 0.741. The van der Waals surface area contributed by atoms with E-state index in [1.807, 2.05) is 7.11 Å². The standard InChI is InChI=1S/C27H38N2O5/c1-15(2)12-19(25(31)32)28-18-8-9-27(33-3)21-13-17-6-7-20(30)23-22(17)26(27,24(18)34-23)10-11-29(21)14-16-4-5-16/h6-7,15-16,18-19,21,24,28,30H,4-5,8-14H2,1-3H3,(H,31,32)/t18-,19-,21?,24-,26-,27+/m0/s1. The summed E-state index contributed by atoms with van der Waals surface area (Å²) in [4.78, 5) is 14.8. The molecule has 3 fully saturated rings. The highest BCUT2D eigenvalue weighted by atomic mass is 16.5. The van der Waals surface area contributed by atoms with Gasteiger partial charge in [0.05, 0.1) is 11.0 Å². The molecular formula is C27H38N2O5. The minimum Gasteiger partial charge on any atom is -0.504 e. The fourth-order valence-corrected chi connectivity index (χ4v) is 8.01. The summed E-state index contributed by atoms with van der Waals surface area (Å²) < 4.78 is 13.3. The van der Waals surface area contributed by atoms with Crippen LogP contribution in [0.2, 0.25) is 0 Å². The summed E-state index contributed by atoms with van der Waals surface area (Å²) in [5.74, 6) is 1.05. The van der Waals surface area contributed by atoms with Crippen LogP contribution in [0.5, 0.6) is 11.5 Å². The van der Waals surface area contributed by atoms with Gasteiger partial charge in [-0.15, -0.1) is 0 Å². The molecule has 1 saturated heterocycles. The van der Waals surface area contributed by atoms with Crippen LogP contribution in [0.1, 0.15) is 63.5 Å². The Morgan fingerprint density at radius 3 is 2.76 bits per heavy atom. The van der Waals surface area contributed by atoms with Crippen molar-refractivity contribution in [3.63, 3.8) is 0 Å². The van der Waals surface area contributed by atoms with Crippen molar-refractivity contribution in [2.75, 3.05) is 20.2 Å². The zero-order chi connectivity index (χ0) is 23.8. The van der Waals surface area contributed by atoms with E-state index in [-0.39, 0.29) is 35.3 Å². The van der Waals surface area contributed by atoms with Crippen LogP contribution in [0.25, 0.3) is 0 Å². The number of nitrogens with one attached hydrogen (secondary N) is 1. The Labute approximate surface area is 201 Å². The van der Waals surface area contributed by atoms with E-state index in [1.165, 1.54) is 18.4 Å². The lowest BCUT2D eigenvalue weighted by molar-refractivity contribution is -0.208. The lowest BCUT2D eigenvalue weighted by atomic mass is 9.48. The Hall–Kier alpha value is -1.83. The average molecular weight is 471 g/mol. The number of carbonyl (C=O) groups is 1. The Morgan fingerprint density at radius 2 is 2.09 bits per heavy atom. The molecule has 3 aliphatic carbocycles. The highest BCUT2D eigenvalue weighted by molar-refractivity contribution is 5.73. The molecule has 2 heterocycles. The second-order valence-corrected chi connectivity index (χ2v) is 11.8. The highest BCUT2D eigenvalue weighted by Crippen LogP contribution is 2.66. The van der Waals surface area contributed by atoms with Gasteiger partial charge in [0.25, 0.3) is 0 Å². The van der Waals surface area contributed by atoms with Gasteiger partial charge in [-0.05, 0) is 75.0 Å². The normalized spacial score (nSPS) is 36.8. The number of phenols is 1. The largest absolute Gasteiger partial charge is 0.504 e. The summed E-state index contributed by atoms with van der Waals surface area (Å²) in [7, 11) is 1.85. The van der Waals surface area contributed by atoms with Crippen molar-refractivity contribution < 1.29 is 24.5 Å². The fourth-order valence-electron chi connectivity index (χ4n) is 8.01. The van der Waals surface area contributed by atoms with E-state index in [2.05, 4.69) is 30.1 Å². The molecule has 1 spiro atoms. The summed E-state index contributed by atoms with van der Waals surface area (Å²) in [6.07, 6.45) is 6.42. The predicted molar refractivity (Wildman–Crippen MR) is 127 cm³/mol. The highest BCUT2D eigenvalue weighted by Gasteiger charge is 2.74. The first-order valence-electron chi connectivity index (χ1n) is 13.1. The van der Waals surface area contributed by atoms with Crippen molar-refractivity contribution in [3.05, 3.63) is 23.3 Å². The van der Waals surface area contributed by atoms with Gasteiger partial charge in [-0.25, -0.2) is 0 Å². The maximum atomic E-state index is 12.1. The first kappa shape index (κ1) is 22.6. The molecule has 186 valence electrons. The van der Waals surface area contributed by atoms with Crippen molar-refractivity contribution in [2.45, 2.75) is 94.0 Å². The minimum absolute atomic E-state index is 0.114. The first-order chi connectivity index (χ1) is 16.3. The third-order valence-corrected chi connectivity index (χ3v) is 9.51. The lowest BCUT2D eigenvalue weighted by Crippen LogP contribution is -2.79. The topological polar surface area (TPSA) is 91.3 Å². The maximum absolute atomic E-state index is 12.1. The van der Waals surface area contributed by atoms with Gasteiger partial charge in [-0.1, -0.05) is 19.9 Å². The number of nitrogens with zero attached hydrogens (tertiary/aromatic N) is 1. The van der Waals surface area contributed by atoms with Crippen LogP contribution in [0, 0.1) is 11.8 Å². The number of aliphatic carboxylic acids is 1. The van der Waals surface area contributed by atoms with E-state index in [0.717, 1.165) is 50.3 Å². The van der Waals surface area contributed by atoms with Gasteiger partial charge in [0.15, 0.2) is 11.5 Å². The van der Waals surface area contributed by atoms with Crippen molar-refractivity contribution >= 4 is 5.97 Å². The predicted octanol–water partition coefficient (Wildman–Crippen LogP) is 3.07. The second kappa shape index (κ2) is 7.84. The molecule has 2 aliphatic heterocycles. The number of carboxylic acid groups (broad SMARTS) is 1. The summed E-state index contributed by atoms with van der Waals surface area (Å²) in [5.41, 5.74) is 1.60. The van der Waals surface area contributed by atoms with Crippen molar-refractivity contribution in [1.82, 2.24) is 10.2 Å². The number of aromatic hydroxyl groups is 1. The molecule has 6 rings (SSSR count). The van der Waals surface area contributed by atoms with E-state index < -0.39 is 17.6 Å². The van der Waals surface area contributed by atoms with E-state index in [4.69, 9.17) is 9.47 Å². The van der Waals surface area contributed by atoms with Crippen molar-refractivity contribution in [2.24, 2.45) is 11.8 Å². The van der Waals surface area contributed by atoms with Gasteiger partial charge in [0.2, 0.25) is 0 Å². The number of benzene rings is 1. The van der Waals surface area contributed by atoms with Crippen LogP contribution in [0.3, 0.4) is 0 Å². The van der Waals surface area contributed by atoms with Gasteiger partial charge in [0, 0.05) is 31.3 Å². The molecule has 0 aromatic heterocycles. The molecule has 3 N–H and O–H groups in total. The Morgan fingerprint density at radius 1 is 1.29 bits per heavy atom. The molecule has 5 aliphatic rings. The van der Waals surface area contributed by atoms with Crippen LogP contribution >= 0.6 is 0 Å². The molecule has 7 nitrogen and oxygen atoms in total. The van der Waals surface area contributed by atoms with Gasteiger partial charge in [-0.3, -0.25) is 15.0 Å². The molecule has 6 atom stereocenters. The molecule has 1 unspecified atom stereocenters. The summed E-state index contributed by atoms with van der Waals surface area (Å²) in [5, 5.41) is 24.3. The zero-order valence-corrected chi connectivity index (χ0v) is 20.5. The van der Waals surface area contributed by atoms with E-state index >= 15 is 0 Å². The van der Waals surface area contributed by atoms with Gasteiger partial charge >= 0.3 is 5.97 Å². The van der Waals surface area contributed by atoms with Gasteiger partial charge < -0.3 is 19.7 Å². The molecule has 0 amide bonds. The molecular weight excluding hydrogens is 432 g/mol. The number of methoxy groups -OCH3 is 1. The monoisotopic (exact) mass is 470 g/mol. The van der Waals surface area contributed by atoms with E-state index in [0.29, 0.717) is 12.2 Å². The second-order valence-electron chi connectivity index (χ2n) is 11.8. The smallest absolute Gasteiger partial charge is 0.320 e. The third kappa shape index (κ3) is 3.02. The quantitative estimate of drug-likeness (QED) is 0.538. The van der Waals surface area contributed by atoms with Gasteiger partial charge in [0.1, 0.15) is 12.1 Å². The number of phenolic OH excluding ortho intramolecular Hbond substituents is 1.